The molecule has 168 valence electrons. The summed E-state index contributed by atoms with van der Waals surface area (Å²) >= 11 is 0. The van der Waals surface area contributed by atoms with E-state index in [0.29, 0.717) is 18.2 Å². The molecule has 0 radical (unpaired) electrons. The number of aryl methyl sites for hydroxylation is 1. The van der Waals surface area contributed by atoms with Gasteiger partial charge in [0.05, 0.1) is 11.9 Å². The first-order chi connectivity index (χ1) is 15.5. The van der Waals surface area contributed by atoms with Gasteiger partial charge in [0.1, 0.15) is 11.5 Å². The van der Waals surface area contributed by atoms with Crippen LogP contribution in [0.3, 0.4) is 0 Å². The molecule has 0 amide bonds. The van der Waals surface area contributed by atoms with E-state index in [2.05, 4.69) is 37.1 Å². The standard InChI is InChI=1S/C24H31N7O/c1-29-7-5-21(6-8-29)31-9-3-17(4-10-31)24(32)13-20-11-18-12-22(23-16-30(2)28-27-23)26-15-19(18)14-25-20/h11-12,14-17,21H,3-10,13H2,1-2H3. The van der Waals surface area contributed by atoms with Gasteiger partial charge in [-0.3, -0.25) is 19.4 Å². The van der Waals surface area contributed by atoms with Crippen molar-refractivity contribution in [2.24, 2.45) is 13.0 Å². The smallest absolute Gasteiger partial charge is 0.142 e. The summed E-state index contributed by atoms with van der Waals surface area (Å²) in [6, 6.07) is 4.71. The van der Waals surface area contributed by atoms with Crippen LogP contribution in [0, 0.1) is 5.92 Å². The number of ketones is 1. The second-order valence-corrected chi connectivity index (χ2v) is 9.36. The van der Waals surface area contributed by atoms with Crippen molar-refractivity contribution in [1.29, 1.82) is 0 Å². The van der Waals surface area contributed by atoms with Crippen molar-refractivity contribution in [2.75, 3.05) is 33.2 Å². The summed E-state index contributed by atoms with van der Waals surface area (Å²) in [5.41, 5.74) is 2.34. The summed E-state index contributed by atoms with van der Waals surface area (Å²) in [5.74, 6) is 0.477. The quantitative estimate of drug-likeness (QED) is 0.611. The van der Waals surface area contributed by atoms with Crippen molar-refractivity contribution < 1.29 is 4.79 Å². The summed E-state index contributed by atoms with van der Waals surface area (Å²) in [5, 5.41) is 10.1. The lowest BCUT2D eigenvalue weighted by atomic mass is 9.88. The highest BCUT2D eigenvalue weighted by molar-refractivity contribution is 5.87. The van der Waals surface area contributed by atoms with Crippen molar-refractivity contribution >= 4 is 16.6 Å². The van der Waals surface area contributed by atoms with Crippen LogP contribution in [-0.2, 0) is 18.3 Å². The lowest BCUT2D eigenvalue weighted by molar-refractivity contribution is -0.124. The van der Waals surface area contributed by atoms with Gasteiger partial charge in [0, 0.05) is 48.9 Å². The molecule has 2 fully saturated rings. The molecule has 32 heavy (non-hydrogen) atoms. The Kier molecular flexibility index (Phi) is 5.97. The SMILES string of the molecule is CN1CCC(N2CCC(C(=O)Cc3cc4cc(-c5cn(C)nn5)ncc4cn3)CC2)CC1. The van der Waals surface area contributed by atoms with Gasteiger partial charge >= 0.3 is 0 Å². The highest BCUT2D eigenvalue weighted by Gasteiger charge is 2.30. The Labute approximate surface area is 188 Å². The predicted molar refractivity (Wildman–Crippen MR) is 123 cm³/mol. The fourth-order valence-corrected chi connectivity index (χ4v) is 5.05. The van der Waals surface area contributed by atoms with E-state index < -0.39 is 0 Å². The third-order valence-electron chi connectivity index (χ3n) is 7.07. The number of nitrogens with zero attached hydrogens (tertiary/aromatic N) is 7. The zero-order valence-electron chi connectivity index (χ0n) is 18.9. The molecule has 0 aliphatic carbocycles. The first kappa shape index (κ1) is 21.2. The maximum Gasteiger partial charge on any atom is 0.142 e. The highest BCUT2D eigenvalue weighted by atomic mass is 16.1. The molecule has 0 saturated carbocycles. The maximum absolute atomic E-state index is 13.0. The van der Waals surface area contributed by atoms with Gasteiger partial charge in [-0.2, -0.15) is 0 Å². The molecule has 8 heteroatoms. The number of aromatic nitrogens is 5. The Balaban J connectivity index is 1.22. The van der Waals surface area contributed by atoms with Gasteiger partial charge in [0.2, 0.25) is 0 Å². The molecule has 2 aliphatic rings. The zero-order chi connectivity index (χ0) is 22.1. The van der Waals surface area contributed by atoms with Gasteiger partial charge in [-0.05, 0) is 76.4 Å². The average Bonchev–Trinajstić information content (AvgIpc) is 3.25. The Morgan fingerprint density at radius 2 is 1.69 bits per heavy atom. The van der Waals surface area contributed by atoms with Gasteiger partial charge in [0.15, 0.2) is 0 Å². The summed E-state index contributed by atoms with van der Waals surface area (Å²) in [6.45, 7) is 4.46. The van der Waals surface area contributed by atoms with E-state index >= 15 is 0 Å². The molecular formula is C24H31N7O. The molecule has 3 aromatic rings. The minimum absolute atomic E-state index is 0.155. The minimum atomic E-state index is 0.155. The molecule has 0 atom stereocenters. The number of fused-ring (bicyclic) bond motifs is 1. The van der Waals surface area contributed by atoms with E-state index in [1.807, 2.05) is 31.6 Å². The van der Waals surface area contributed by atoms with Gasteiger partial charge < -0.3 is 9.80 Å². The fourth-order valence-electron chi connectivity index (χ4n) is 5.05. The number of rotatable bonds is 5. The Morgan fingerprint density at radius 1 is 0.938 bits per heavy atom. The molecule has 5 rings (SSSR count). The molecule has 2 aliphatic heterocycles. The number of carbonyl (C=O) groups is 1. The van der Waals surface area contributed by atoms with E-state index in [0.717, 1.165) is 53.8 Å². The Hall–Kier alpha value is -2.71. The first-order valence-electron chi connectivity index (χ1n) is 11.6. The number of Topliss-reactive ketones (excluding diaryl/α,β-unsaturated/α-hetero) is 1. The van der Waals surface area contributed by atoms with E-state index in [4.69, 9.17) is 0 Å². The van der Waals surface area contributed by atoms with Gasteiger partial charge in [-0.25, -0.2) is 0 Å². The van der Waals surface area contributed by atoms with Gasteiger partial charge in [-0.15, -0.1) is 5.10 Å². The summed E-state index contributed by atoms with van der Waals surface area (Å²) < 4.78 is 1.66. The van der Waals surface area contributed by atoms with Crippen LogP contribution in [0.4, 0.5) is 0 Å². The second-order valence-electron chi connectivity index (χ2n) is 9.36. The van der Waals surface area contributed by atoms with Crippen LogP contribution in [-0.4, -0.2) is 79.8 Å². The van der Waals surface area contributed by atoms with E-state index in [1.165, 1.54) is 25.9 Å². The number of hydrogen-bond donors (Lipinski definition) is 0. The summed E-state index contributed by atoms with van der Waals surface area (Å²) in [4.78, 5) is 27.1. The third-order valence-corrected chi connectivity index (χ3v) is 7.07. The molecule has 8 nitrogen and oxygen atoms in total. The number of carbonyl (C=O) groups excluding carboxylic acids is 1. The molecule has 0 aromatic carbocycles. The second kappa shape index (κ2) is 9.03. The molecule has 0 spiro atoms. The largest absolute Gasteiger partial charge is 0.306 e. The van der Waals surface area contributed by atoms with Crippen LogP contribution in [0.5, 0.6) is 0 Å². The summed E-state index contributed by atoms with van der Waals surface area (Å²) in [7, 11) is 4.04. The van der Waals surface area contributed by atoms with E-state index in [-0.39, 0.29) is 5.92 Å². The van der Waals surface area contributed by atoms with Crippen LogP contribution in [0.15, 0.2) is 30.7 Å². The van der Waals surface area contributed by atoms with Crippen molar-refractivity contribution in [2.45, 2.75) is 38.1 Å². The molecule has 5 heterocycles. The van der Waals surface area contributed by atoms with Crippen molar-refractivity contribution in [3.05, 3.63) is 36.4 Å². The molecule has 0 N–H and O–H groups in total. The van der Waals surface area contributed by atoms with Crippen LogP contribution < -0.4 is 0 Å². The normalized spacial score (nSPS) is 19.6. The van der Waals surface area contributed by atoms with Crippen LogP contribution >= 0.6 is 0 Å². The average molecular weight is 434 g/mol. The van der Waals surface area contributed by atoms with Crippen molar-refractivity contribution in [3.8, 4) is 11.4 Å². The van der Waals surface area contributed by atoms with Gasteiger partial charge in [-0.1, -0.05) is 5.21 Å². The lowest BCUT2D eigenvalue weighted by Crippen LogP contribution is -2.47. The van der Waals surface area contributed by atoms with E-state index in [9.17, 15) is 4.79 Å². The zero-order valence-corrected chi connectivity index (χ0v) is 18.9. The predicted octanol–water partition coefficient (Wildman–Crippen LogP) is 2.34. The molecule has 2 saturated heterocycles. The number of hydrogen-bond acceptors (Lipinski definition) is 7. The third kappa shape index (κ3) is 4.56. The Bertz CT molecular complexity index is 1090. The van der Waals surface area contributed by atoms with Crippen molar-refractivity contribution in [3.63, 3.8) is 0 Å². The van der Waals surface area contributed by atoms with Crippen LogP contribution in [0.2, 0.25) is 0 Å². The minimum Gasteiger partial charge on any atom is -0.306 e. The number of likely N-dealkylation sites (tertiary alicyclic amines) is 2. The van der Waals surface area contributed by atoms with Crippen LogP contribution in [0.1, 0.15) is 31.4 Å². The van der Waals surface area contributed by atoms with Crippen molar-refractivity contribution in [1.82, 2.24) is 34.8 Å². The van der Waals surface area contributed by atoms with Crippen LogP contribution in [0.25, 0.3) is 22.2 Å². The van der Waals surface area contributed by atoms with E-state index in [1.54, 1.807) is 10.9 Å². The van der Waals surface area contributed by atoms with Gasteiger partial charge in [0.25, 0.3) is 0 Å². The topological polar surface area (TPSA) is 80.0 Å². The molecule has 0 unspecified atom stereocenters. The monoisotopic (exact) mass is 433 g/mol. The lowest BCUT2D eigenvalue weighted by Gasteiger charge is -2.40. The maximum atomic E-state index is 13.0. The first-order valence-corrected chi connectivity index (χ1v) is 11.6. The highest BCUT2D eigenvalue weighted by Crippen LogP contribution is 2.26. The fraction of sp³-hybridized carbons (Fsp3) is 0.542. The molecule has 0 bridgehead atoms. The molecule has 3 aromatic heterocycles. The number of piperidine rings is 2. The molecular weight excluding hydrogens is 402 g/mol. The number of pyridine rings is 2. The Morgan fingerprint density at radius 3 is 2.41 bits per heavy atom. The summed E-state index contributed by atoms with van der Waals surface area (Å²) in [6.07, 6.45) is 10.3.